The molecular formula is C16H24Cl2N2O. The standard InChI is InChI=1S/C16H23ClN2O.ClH/c1-12-8-9-19(15(10-12)11-18)16(20)7-4-13-2-5-14(17)6-3-13;/h2-3,5-6,12,15H,4,7-11,18H2,1H3;1H. The van der Waals surface area contributed by atoms with E-state index in [4.69, 9.17) is 17.3 Å². The number of likely N-dealkylation sites (tertiary alicyclic amines) is 1. The van der Waals surface area contributed by atoms with E-state index in [0.29, 0.717) is 18.9 Å². The van der Waals surface area contributed by atoms with Crippen LogP contribution in [0.3, 0.4) is 0 Å². The van der Waals surface area contributed by atoms with Gasteiger partial charge in [-0.2, -0.15) is 0 Å². The number of piperidine rings is 1. The van der Waals surface area contributed by atoms with Gasteiger partial charge < -0.3 is 10.6 Å². The van der Waals surface area contributed by atoms with Gasteiger partial charge >= 0.3 is 0 Å². The maximum Gasteiger partial charge on any atom is 0.223 e. The first kappa shape index (κ1) is 18.3. The summed E-state index contributed by atoms with van der Waals surface area (Å²) in [7, 11) is 0. The van der Waals surface area contributed by atoms with Crippen molar-refractivity contribution >= 4 is 29.9 Å². The molecule has 2 rings (SSSR count). The zero-order valence-corrected chi connectivity index (χ0v) is 14.0. The molecule has 1 heterocycles. The van der Waals surface area contributed by atoms with E-state index < -0.39 is 0 Å². The number of carbonyl (C=O) groups excluding carboxylic acids is 1. The van der Waals surface area contributed by atoms with E-state index in [9.17, 15) is 4.79 Å². The Morgan fingerprint density at radius 1 is 1.38 bits per heavy atom. The van der Waals surface area contributed by atoms with Crippen LogP contribution in [0.4, 0.5) is 0 Å². The van der Waals surface area contributed by atoms with Gasteiger partial charge in [0.1, 0.15) is 0 Å². The van der Waals surface area contributed by atoms with Crippen molar-refractivity contribution in [3.8, 4) is 0 Å². The molecular weight excluding hydrogens is 307 g/mol. The SMILES string of the molecule is CC1CCN(C(=O)CCc2ccc(Cl)cc2)C(CN)C1.Cl. The van der Waals surface area contributed by atoms with Gasteiger partial charge in [0, 0.05) is 30.6 Å². The van der Waals surface area contributed by atoms with Gasteiger partial charge in [0.2, 0.25) is 5.91 Å². The molecule has 0 radical (unpaired) electrons. The third-order valence-corrected chi connectivity index (χ3v) is 4.36. The molecule has 2 N–H and O–H groups in total. The predicted molar refractivity (Wildman–Crippen MR) is 90.0 cm³/mol. The molecule has 1 amide bonds. The molecule has 0 spiro atoms. The zero-order valence-electron chi connectivity index (χ0n) is 12.4. The Morgan fingerprint density at radius 2 is 2.05 bits per heavy atom. The Bertz CT molecular complexity index is 450. The lowest BCUT2D eigenvalue weighted by atomic mass is 9.92. The number of aryl methyl sites for hydroxylation is 1. The van der Waals surface area contributed by atoms with Gasteiger partial charge in [0.25, 0.3) is 0 Å². The third kappa shape index (κ3) is 5.17. The summed E-state index contributed by atoms with van der Waals surface area (Å²) in [6.45, 7) is 3.65. The summed E-state index contributed by atoms with van der Waals surface area (Å²) in [5, 5.41) is 0.730. The normalized spacial score (nSPS) is 21.8. The van der Waals surface area contributed by atoms with Crippen molar-refractivity contribution in [2.75, 3.05) is 13.1 Å². The van der Waals surface area contributed by atoms with E-state index in [1.54, 1.807) is 0 Å². The molecule has 5 heteroatoms. The van der Waals surface area contributed by atoms with Crippen molar-refractivity contribution in [2.45, 2.75) is 38.6 Å². The highest BCUT2D eigenvalue weighted by Gasteiger charge is 2.28. The van der Waals surface area contributed by atoms with E-state index in [2.05, 4.69) is 6.92 Å². The van der Waals surface area contributed by atoms with Crippen LogP contribution < -0.4 is 5.73 Å². The monoisotopic (exact) mass is 330 g/mol. The smallest absolute Gasteiger partial charge is 0.223 e. The molecule has 0 saturated carbocycles. The number of nitrogens with two attached hydrogens (primary N) is 1. The maximum atomic E-state index is 12.4. The van der Waals surface area contributed by atoms with Gasteiger partial charge in [-0.25, -0.2) is 0 Å². The molecule has 1 fully saturated rings. The largest absolute Gasteiger partial charge is 0.338 e. The molecule has 0 bridgehead atoms. The van der Waals surface area contributed by atoms with Crippen molar-refractivity contribution in [1.82, 2.24) is 4.90 Å². The number of rotatable bonds is 4. The average molecular weight is 331 g/mol. The summed E-state index contributed by atoms with van der Waals surface area (Å²) in [6, 6.07) is 7.92. The second-order valence-corrected chi connectivity index (χ2v) is 6.17. The molecule has 3 nitrogen and oxygen atoms in total. The minimum Gasteiger partial charge on any atom is -0.338 e. The fraction of sp³-hybridized carbons (Fsp3) is 0.562. The lowest BCUT2D eigenvalue weighted by molar-refractivity contribution is -0.135. The quantitative estimate of drug-likeness (QED) is 0.920. The lowest BCUT2D eigenvalue weighted by Crippen LogP contribution is -2.49. The third-order valence-electron chi connectivity index (χ3n) is 4.11. The van der Waals surface area contributed by atoms with Gasteiger partial charge in [-0.05, 0) is 42.9 Å². The van der Waals surface area contributed by atoms with Crippen LogP contribution in [0.2, 0.25) is 5.02 Å². The topological polar surface area (TPSA) is 46.3 Å². The van der Waals surface area contributed by atoms with Crippen molar-refractivity contribution in [3.63, 3.8) is 0 Å². The number of halogens is 2. The van der Waals surface area contributed by atoms with Crippen LogP contribution in [0, 0.1) is 5.92 Å². The van der Waals surface area contributed by atoms with Gasteiger partial charge in [0.05, 0.1) is 0 Å². The van der Waals surface area contributed by atoms with E-state index in [-0.39, 0.29) is 24.4 Å². The number of hydrogen-bond donors (Lipinski definition) is 1. The van der Waals surface area contributed by atoms with Gasteiger partial charge in [-0.15, -0.1) is 12.4 Å². The van der Waals surface area contributed by atoms with Crippen LogP contribution >= 0.6 is 24.0 Å². The summed E-state index contributed by atoms with van der Waals surface area (Å²) in [5.41, 5.74) is 6.96. The minimum absolute atomic E-state index is 0. The molecule has 21 heavy (non-hydrogen) atoms. The molecule has 0 aromatic heterocycles. The van der Waals surface area contributed by atoms with Crippen LogP contribution in [-0.4, -0.2) is 29.9 Å². The van der Waals surface area contributed by atoms with Crippen molar-refractivity contribution in [2.24, 2.45) is 11.7 Å². The van der Waals surface area contributed by atoms with E-state index >= 15 is 0 Å². The highest BCUT2D eigenvalue weighted by Crippen LogP contribution is 2.23. The number of nitrogens with zero attached hydrogens (tertiary/aromatic N) is 1. The first-order chi connectivity index (χ1) is 9.60. The number of hydrogen-bond acceptors (Lipinski definition) is 2. The fourth-order valence-electron chi connectivity index (χ4n) is 2.85. The Hall–Kier alpha value is -0.770. The van der Waals surface area contributed by atoms with Crippen LogP contribution in [0.25, 0.3) is 0 Å². The summed E-state index contributed by atoms with van der Waals surface area (Å²) in [6.07, 6.45) is 3.43. The summed E-state index contributed by atoms with van der Waals surface area (Å²) >= 11 is 5.86. The molecule has 2 atom stereocenters. The van der Waals surface area contributed by atoms with Crippen LogP contribution in [0.15, 0.2) is 24.3 Å². The van der Waals surface area contributed by atoms with E-state index in [0.717, 1.165) is 36.4 Å². The summed E-state index contributed by atoms with van der Waals surface area (Å²) in [5.74, 6) is 0.895. The summed E-state index contributed by atoms with van der Waals surface area (Å²) in [4.78, 5) is 14.3. The average Bonchev–Trinajstić information content (AvgIpc) is 2.46. The van der Waals surface area contributed by atoms with E-state index in [1.807, 2.05) is 29.2 Å². The molecule has 118 valence electrons. The van der Waals surface area contributed by atoms with Gasteiger partial charge in [-0.3, -0.25) is 4.79 Å². The fourth-order valence-corrected chi connectivity index (χ4v) is 2.98. The van der Waals surface area contributed by atoms with Gasteiger partial charge in [-0.1, -0.05) is 30.7 Å². The Labute approximate surface area is 138 Å². The first-order valence-electron chi connectivity index (χ1n) is 7.34. The van der Waals surface area contributed by atoms with Crippen LogP contribution in [0.5, 0.6) is 0 Å². The molecule has 1 aromatic rings. The van der Waals surface area contributed by atoms with Crippen molar-refractivity contribution < 1.29 is 4.79 Å². The lowest BCUT2D eigenvalue weighted by Gasteiger charge is -2.38. The highest BCUT2D eigenvalue weighted by molar-refractivity contribution is 6.30. The molecule has 1 saturated heterocycles. The van der Waals surface area contributed by atoms with Gasteiger partial charge in [0.15, 0.2) is 0 Å². The summed E-state index contributed by atoms with van der Waals surface area (Å²) < 4.78 is 0. The van der Waals surface area contributed by atoms with Crippen LogP contribution in [-0.2, 0) is 11.2 Å². The number of carbonyl (C=O) groups is 1. The molecule has 0 aliphatic carbocycles. The number of amides is 1. The second-order valence-electron chi connectivity index (χ2n) is 5.73. The Morgan fingerprint density at radius 3 is 2.67 bits per heavy atom. The second kappa shape index (κ2) is 8.62. The zero-order chi connectivity index (χ0) is 14.5. The molecule has 1 aliphatic rings. The Kier molecular flexibility index (Phi) is 7.50. The van der Waals surface area contributed by atoms with Crippen molar-refractivity contribution in [3.05, 3.63) is 34.9 Å². The first-order valence-corrected chi connectivity index (χ1v) is 7.72. The predicted octanol–water partition coefficient (Wildman–Crippen LogP) is 3.28. The maximum absolute atomic E-state index is 12.4. The number of benzene rings is 1. The molecule has 2 unspecified atom stereocenters. The van der Waals surface area contributed by atoms with E-state index in [1.165, 1.54) is 0 Å². The van der Waals surface area contributed by atoms with Crippen LogP contribution in [0.1, 0.15) is 31.7 Å². The van der Waals surface area contributed by atoms with Crippen molar-refractivity contribution in [1.29, 1.82) is 0 Å². The molecule has 1 aromatic carbocycles. The Balaban J connectivity index is 0.00000220. The molecule has 1 aliphatic heterocycles. The minimum atomic E-state index is 0. The highest BCUT2D eigenvalue weighted by atomic mass is 35.5.